The van der Waals surface area contributed by atoms with Crippen LogP contribution in [0.1, 0.15) is 130 Å². The number of hydrogen-bond donors (Lipinski definition) is 0. The Bertz CT molecular complexity index is 390. The van der Waals surface area contributed by atoms with Gasteiger partial charge in [-0.05, 0) is 44.4 Å². The molecule has 0 bridgehead atoms. The standard InChI is InChI=1S/C25H48O4/c1-5-9-16-21-28-24(26)17-14-12-10-11-13-15-18-25(27)29-23(8-4)20-19-22(6-2)7-3/h22-23H,5-21H2,1-4H3. The lowest BCUT2D eigenvalue weighted by atomic mass is 9.95. The van der Waals surface area contributed by atoms with E-state index in [1.54, 1.807) is 0 Å². The fourth-order valence-corrected chi connectivity index (χ4v) is 3.57. The lowest BCUT2D eigenvalue weighted by Gasteiger charge is -2.19. The van der Waals surface area contributed by atoms with Gasteiger partial charge in [-0.15, -0.1) is 0 Å². The van der Waals surface area contributed by atoms with Crippen LogP contribution in [0.15, 0.2) is 0 Å². The monoisotopic (exact) mass is 412 g/mol. The van der Waals surface area contributed by atoms with Crippen molar-refractivity contribution in [1.82, 2.24) is 0 Å². The van der Waals surface area contributed by atoms with Gasteiger partial charge >= 0.3 is 11.9 Å². The Balaban J connectivity index is 3.59. The van der Waals surface area contributed by atoms with Gasteiger partial charge in [0.2, 0.25) is 0 Å². The van der Waals surface area contributed by atoms with Crippen LogP contribution in [0.5, 0.6) is 0 Å². The first kappa shape index (κ1) is 27.9. The Kier molecular flexibility index (Phi) is 19.5. The molecule has 29 heavy (non-hydrogen) atoms. The van der Waals surface area contributed by atoms with E-state index in [-0.39, 0.29) is 18.0 Å². The van der Waals surface area contributed by atoms with Crippen LogP contribution in [-0.2, 0) is 19.1 Å². The molecule has 0 fully saturated rings. The minimum absolute atomic E-state index is 0.0350. The van der Waals surface area contributed by atoms with Crippen molar-refractivity contribution in [3.8, 4) is 0 Å². The molecule has 0 amide bonds. The molecule has 0 N–H and O–H groups in total. The Morgan fingerprint density at radius 3 is 1.79 bits per heavy atom. The van der Waals surface area contributed by atoms with E-state index in [2.05, 4.69) is 27.7 Å². The van der Waals surface area contributed by atoms with Crippen molar-refractivity contribution in [3.05, 3.63) is 0 Å². The van der Waals surface area contributed by atoms with E-state index in [1.807, 2.05) is 0 Å². The maximum absolute atomic E-state index is 12.1. The number of rotatable bonds is 20. The van der Waals surface area contributed by atoms with Crippen molar-refractivity contribution < 1.29 is 19.1 Å². The Morgan fingerprint density at radius 2 is 1.24 bits per heavy atom. The van der Waals surface area contributed by atoms with Crippen LogP contribution in [0.3, 0.4) is 0 Å². The lowest BCUT2D eigenvalue weighted by Crippen LogP contribution is -2.18. The molecule has 0 saturated carbocycles. The average Bonchev–Trinajstić information content (AvgIpc) is 2.72. The quantitative estimate of drug-likeness (QED) is 0.155. The minimum Gasteiger partial charge on any atom is -0.466 e. The molecule has 4 nitrogen and oxygen atoms in total. The number of esters is 2. The van der Waals surface area contributed by atoms with Gasteiger partial charge in [0.05, 0.1) is 6.61 Å². The highest BCUT2D eigenvalue weighted by Crippen LogP contribution is 2.19. The van der Waals surface area contributed by atoms with Gasteiger partial charge in [-0.1, -0.05) is 79.1 Å². The normalized spacial score (nSPS) is 12.2. The molecule has 0 rings (SSSR count). The fourth-order valence-electron chi connectivity index (χ4n) is 3.57. The zero-order valence-corrected chi connectivity index (χ0v) is 19.8. The first-order valence-electron chi connectivity index (χ1n) is 12.4. The third-order valence-electron chi connectivity index (χ3n) is 5.83. The van der Waals surface area contributed by atoms with E-state index in [4.69, 9.17) is 9.47 Å². The largest absolute Gasteiger partial charge is 0.466 e. The highest BCUT2D eigenvalue weighted by Gasteiger charge is 2.14. The van der Waals surface area contributed by atoms with E-state index < -0.39 is 0 Å². The van der Waals surface area contributed by atoms with Gasteiger partial charge in [-0.3, -0.25) is 9.59 Å². The Hall–Kier alpha value is -1.06. The van der Waals surface area contributed by atoms with Gasteiger partial charge in [0.15, 0.2) is 0 Å². The molecule has 1 unspecified atom stereocenters. The van der Waals surface area contributed by atoms with Crippen LogP contribution in [0.2, 0.25) is 0 Å². The van der Waals surface area contributed by atoms with Crippen LogP contribution in [0.25, 0.3) is 0 Å². The summed E-state index contributed by atoms with van der Waals surface area (Å²) in [5, 5.41) is 0. The van der Waals surface area contributed by atoms with Gasteiger partial charge in [-0.25, -0.2) is 0 Å². The number of hydrogen-bond acceptors (Lipinski definition) is 4. The van der Waals surface area contributed by atoms with Gasteiger partial charge in [-0.2, -0.15) is 0 Å². The molecule has 0 aliphatic rings. The minimum atomic E-state index is -0.0569. The molecule has 0 saturated heterocycles. The molecule has 172 valence electrons. The van der Waals surface area contributed by atoms with Crippen LogP contribution >= 0.6 is 0 Å². The lowest BCUT2D eigenvalue weighted by molar-refractivity contribution is -0.150. The molecule has 0 aliphatic heterocycles. The molecule has 4 heteroatoms. The van der Waals surface area contributed by atoms with E-state index in [0.717, 1.165) is 83.0 Å². The summed E-state index contributed by atoms with van der Waals surface area (Å²) in [7, 11) is 0. The summed E-state index contributed by atoms with van der Waals surface area (Å²) < 4.78 is 10.9. The highest BCUT2D eigenvalue weighted by atomic mass is 16.5. The number of unbranched alkanes of at least 4 members (excludes halogenated alkanes) is 7. The van der Waals surface area contributed by atoms with Crippen molar-refractivity contribution in [2.45, 2.75) is 137 Å². The second-order valence-corrected chi connectivity index (χ2v) is 8.33. The highest BCUT2D eigenvalue weighted by molar-refractivity contribution is 5.69. The van der Waals surface area contributed by atoms with E-state index >= 15 is 0 Å². The smallest absolute Gasteiger partial charge is 0.306 e. The van der Waals surface area contributed by atoms with Crippen molar-refractivity contribution in [2.75, 3.05) is 6.61 Å². The van der Waals surface area contributed by atoms with E-state index in [0.29, 0.717) is 19.4 Å². The predicted molar refractivity (Wildman–Crippen MR) is 121 cm³/mol. The molecule has 0 spiro atoms. The average molecular weight is 413 g/mol. The number of ether oxygens (including phenoxy) is 2. The summed E-state index contributed by atoms with van der Waals surface area (Å²) in [5.41, 5.74) is 0. The van der Waals surface area contributed by atoms with Crippen LogP contribution in [-0.4, -0.2) is 24.6 Å². The third-order valence-corrected chi connectivity index (χ3v) is 5.83. The van der Waals surface area contributed by atoms with Crippen molar-refractivity contribution in [1.29, 1.82) is 0 Å². The summed E-state index contributed by atoms with van der Waals surface area (Å²) in [6, 6.07) is 0. The maximum Gasteiger partial charge on any atom is 0.306 e. The number of carbonyl (C=O) groups excluding carboxylic acids is 2. The topological polar surface area (TPSA) is 52.6 Å². The Morgan fingerprint density at radius 1 is 0.655 bits per heavy atom. The first-order chi connectivity index (χ1) is 14.1. The zero-order chi connectivity index (χ0) is 21.7. The molecule has 0 aromatic rings. The van der Waals surface area contributed by atoms with E-state index in [9.17, 15) is 9.59 Å². The summed E-state index contributed by atoms with van der Waals surface area (Å²) in [5.74, 6) is 0.663. The van der Waals surface area contributed by atoms with Gasteiger partial charge in [0, 0.05) is 12.8 Å². The second-order valence-electron chi connectivity index (χ2n) is 8.33. The molecule has 1 atom stereocenters. The van der Waals surface area contributed by atoms with Crippen LogP contribution < -0.4 is 0 Å². The first-order valence-corrected chi connectivity index (χ1v) is 12.4. The molecule has 0 aromatic carbocycles. The van der Waals surface area contributed by atoms with Crippen molar-refractivity contribution >= 4 is 11.9 Å². The predicted octanol–water partition coefficient (Wildman–Crippen LogP) is 7.38. The van der Waals surface area contributed by atoms with Gasteiger partial charge < -0.3 is 9.47 Å². The summed E-state index contributed by atoms with van der Waals surface area (Å²) >= 11 is 0. The van der Waals surface area contributed by atoms with Gasteiger partial charge in [0.25, 0.3) is 0 Å². The summed E-state index contributed by atoms with van der Waals surface area (Å²) in [6.07, 6.45) is 16.0. The summed E-state index contributed by atoms with van der Waals surface area (Å²) in [6.45, 7) is 9.29. The van der Waals surface area contributed by atoms with Crippen LogP contribution in [0, 0.1) is 5.92 Å². The van der Waals surface area contributed by atoms with Crippen molar-refractivity contribution in [2.24, 2.45) is 5.92 Å². The molecular weight excluding hydrogens is 364 g/mol. The van der Waals surface area contributed by atoms with Crippen LogP contribution in [0.4, 0.5) is 0 Å². The maximum atomic E-state index is 12.1. The molecule has 0 aliphatic carbocycles. The second kappa shape index (κ2) is 20.2. The third kappa shape index (κ3) is 17.5. The van der Waals surface area contributed by atoms with Gasteiger partial charge in [0.1, 0.15) is 6.10 Å². The van der Waals surface area contributed by atoms with Crippen molar-refractivity contribution in [3.63, 3.8) is 0 Å². The number of carbonyl (C=O) groups is 2. The fraction of sp³-hybridized carbons (Fsp3) is 0.920. The molecule has 0 aromatic heterocycles. The molecule has 0 radical (unpaired) electrons. The van der Waals surface area contributed by atoms with E-state index in [1.165, 1.54) is 12.8 Å². The molecular formula is C25H48O4. The zero-order valence-electron chi connectivity index (χ0n) is 19.8. The Labute approximate surface area is 180 Å². The summed E-state index contributed by atoms with van der Waals surface area (Å²) in [4.78, 5) is 23.6. The molecule has 0 heterocycles. The SMILES string of the molecule is CCCCCOC(=O)CCCCCCCCC(=O)OC(CC)CCC(CC)CC.